The molecule has 0 aromatic carbocycles. The van der Waals surface area contributed by atoms with Gasteiger partial charge in [-0.2, -0.15) is 0 Å². The van der Waals surface area contributed by atoms with Crippen LogP contribution in [0.1, 0.15) is 24.1 Å². The number of aliphatic hydroxyl groups excluding tert-OH is 1. The number of hydrogen-bond donors (Lipinski definition) is 2. The molecule has 2 saturated heterocycles. The van der Waals surface area contributed by atoms with Crippen molar-refractivity contribution in [2.45, 2.75) is 31.9 Å². The summed E-state index contributed by atoms with van der Waals surface area (Å²) in [5.41, 5.74) is 0. The predicted octanol–water partition coefficient (Wildman–Crippen LogP) is 0.740. The van der Waals surface area contributed by atoms with Crippen LogP contribution in [-0.4, -0.2) is 35.1 Å². The van der Waals surface area contributed by atoms with Gasteiger partial charge in [-0.3, -0.25) is 4.79 Å². The zero-order valence-corrected chi connectivity index (χ0v) is 10.9. The standard InChI is InChI=1S/C12H17N3O2S/c16-7-9-5-13-12(18-9)15-4-3-10-8(6-15)1-2-11(17)14-10/h5,8,10,16H,1-4,6-7H2,(H,14,17). The SMILES string of the molecule is O=C1CCC2CN(c3ncc(CO)s3)CCC2N1. The van der Waals surface area contributed by atoms with E-state index in [1.54, 1.807) is 17.5 Å². The largest absolute Gasteiger partial charge is 0.391 e. The van der Waals surface area contributed by atoms with Gasteiger partial charge >= 0.3 is 0 Å². The van der Waals surface area contributed by atoms with Crippen molar-refractivity contribution in [1.82, 2.24) is 10.3 Å². The lowest BCUT2D eigenvalue weighted by Crippen LogP contribution is -2.54. The van der Waals surface area contributed by atoms with E-state index < -0.39 is 0 Å². The summed E-state index contributed by atoms with van der Waals surface area (Å²) in [5.74, 6) is 0.736. The number of aliphatic hydroxyl groups is 1. The number of fused-ring (bicyclic) bond motifs is 1. The van der Waals surface area contributed by atoms with Crippen LogP contribution in [0.25, 0.3) is 0 Å². The van der Waals surface area contributed by atoms with Gasteiger partial charge in [-0.25, -0.2) is 4.98 Å². The topological polar surface area (TPSA) is 65.5 Å². The molecule has 0 aliphatic carbocycles. The Kier molecular flexibility index (Phi) is 3.22. The first-order valence-electron chi connectivity index (χ1n) is 6.36. The van der Waals surface area contributed by atoms with Crippen LogP contribution in [-0.2, 0) is 11.4 Å². The third-order valence-corrected chi connectivity index (χ3v) is 4.83. The van der Waals surface area contributed by atoms with Gasteiger partial charge in [-0.1, -0.05) is 11.3 Å². The Bertz CT molecular complexity index is 448. The van der Waals surface area contributed by atoms with E-state index in [-0.39, 0.29) is 12.5 Å². The molecule has 1 aromatic rings. The molecular weight excluding hydrogens is 250 g/mol. The van der Waals surface area contributed by atoms with Crippen molar-refractivity contribution in [1.29, 1.82) is 0 Å². The van der Waals surface area contributed by atoms with Crippen LogP contribution in [0.2, 0.25) is 0 Å². The minimum Gasteiger partial charge on any atom is -0.391 e. The molecule has 6 heteroatoms. The number of rotatable bonds is 2. The molecule has 0 saturated carbocycles. The molecular formula is C12H17N3O2S. The number of nitrogens with zero attached hydrogens (tertiary/aromatic N) is 2. The van der Waals surface area contributed by atoms with Crippen LogP contribution >= 0.6 is 11.3 Å². The van der Waals surface area contributed by atoms with Crippen molar-refractivity contribution in [3.8, 4) is 0 Å². The van der Waals surface area contributed by atoms with Gasteiger partial charge in [0, 0.05) is 31.7 Å². The Morgan fingerprint density at radius 3 is 3.22 bits per heavy atom. The smallest absolute Gasteiger partial charge is 0.220 e. The highest BCUT2D eigenvalue weighted by Crippen LogP contribution is 2.30. The second-order valence-corrected chi connectivity index (χ2v) is 6.07. The summed E-state index contributed by atoms with van der Waals surface area (Å²) in [6.45, 7) is 1.96. The molecule has 2 aliphatic heterocycles. The molecule has 1 amide bonds. The lowest BCUT2D eigenvalue weighted by Gasteiger charge is -2.41. The fourth-order valence-corrected chi connectivity index (χ4v) is 3.61. The Labute approximate surface area is 110 Å². The molecule has 5 nitrogen and oxygen atoms in total. The molecule has 98 valence electrons. The highest BCUT2D eigenvalue weighted by molar-refractivity contribution is 7.15. The van der Waals surface area contributed by atoms with Crippen LogP contribution in [0.5, 0.6) is 0 Å². The average molecular weight is 267 g/mol. The maximum atomic E-state index is 11.3. The second-order valence-electron chi connectivity index (χ2n) is 4.97. The van der Waals surface area contributed by atoms with E-state index in [1.165, 1.54) is 0 Å². The summed E-state index contributed by atoms with van der Waals surface area (Å²) >= 11 is 1.56. The van der Waals surface area contributed by atoms with E-state index in [4.69, 9.17) is 5.11 Å². The number of amides is 1. The highest BCUT2D eigenvalue weighted by Gasteiger charge is 2.34. The van der Waals surface area contributed by atoms with Crippen LogP contribution in [0.3, 0.4) is 0 Å². The minimum absolute atomic E-state index is 0.0631. The number of carbonyl (C=O) groups is 1. The predicted molar refractivity (Wildman–Crippen MR) is 69.5 cm³/mol. The van der Waals surface area contributed by atoms with E-state index in [2.05, 4.69) is 15.2 Å². The summed E-state index contributed by atoms with van der Waals surface area (Å²) in [6, 6.07) is 0.347. The zero-order valence-electron chi connectivity index (χ0n) is 10.1. The van der Waals surface area contributed by atoms with E-state index in [9.17, 15) is 4.79 Å². The number of hydrogen-bond acceptors (Lipinski definition) is 5. The molecule has 0 radical (unpaired) electrons. The van der Waals surface area contributed by atoms with Gasteiger partial charge in [0.1, 0.15) is 0 Å². The molecule has 2 N–H and O–H groups in total. The van der Waals surface area contributed by atoms with Crippen molar-refractivity contribution in [2.75, 3.05) is 18.0 Å². The zero-order chi connectivity index (χ0) is 12.5. The summed E-state index contributed by atoms with van der Waals surface area (Å²) in [7, 11) is 0. The maximum absolute atomic E-state index is 11.3. The fraction of sp³-hybridized carbons (Fsp3) is 0.667. The molecule has 2 unspecified atom stereocenters. The number of piperidine rings is 2. The van der Waals surface area contributed by atoms with Gasteiger partial charge in [-0.05, 0) is 18.8 Å². The van der Waals surface area contributed by atoms with Gasteiger partial charge in [0.25, 0.3) is 0 Å². The first-order valence-corrected chi connectivity index (χ1v) is 7.18. The molecule has 1 aromatic heterocycles. The van der Waals surface area contributed by atoms with E-state index >= 15 is 0 Å². The maximum Gasteiger partial charge on any atom is 0.220 e. The number of carbonyl (C=O) groups excluding carboxylic acids is 1. The third kappa shape index (κ3) is 2.22. The normalized spacial score (nSPS) is 27.8. The van der Waals surface area contributed by atoms with E-state index in [0.29, 0.717) is 18.4 Å². The van der Waals surface area contributed by atoms with E-state index in [0.717, 1.165) is 35.9 Å². The minimum atomic E-state index is 0.0631. The van der Waals surface area contributed by atoms with Crippen molar-refractivity contribution >= 4 is 22.4 Å². The van der Waals surface area contributed by atoms with Gasteiger partial charge in [-0.15, -0.1) is 0 Å². The second kappa shape index (κ2) is 4.85. The summed E-state index contributed by atoms with van der Waals surface area (Å²) in [4.78, 5) is 18.9. The number of thiazole rings is 1. The molecule has 0 spiro atoms. The Balaban J connectivity index is 1.68. The Morgan fingerprint density at radius 1 is 1.56 bits per heavy atom. The lowest BCUT2D eigenvalue weighted by molar-refractivity contribution is -0.124. The van der Waals surface area contributed by atoms with Crippen molar-refractivity contribution in [2.24, 2.45) is 5.92 Å². The Morgan fingerprint density at radius 2 is 2.44 bits per heavy atom. The number of nitrogens with one attached hydrogen (secondary N) is 1. The summed E-state index contributed by atoms with van der Waals surface area (Å²) < 4.78 is 0. The molecule has 2 fully saturated rings. The average Bonchev–Trinajstić information content (AvgIpc) is 2.87. The van der Waals surface area contributed by atoms with E-state index in [1.807, 2.05) is 0 Å². The molecule has 2 atom stereocenters. The van der Waals surface area contributed by atoms with Crippen LogP contribution in [0, 0.1) is 5.92 Å². The lowest BCUT2D eigenvalue weighted by atomic mass is 9.85. The molecule has 0 bridgehead atoms. The monoisotopic (exact) mass is 267 g/mol. The first-order chi connectivity index (χ1) is 8.76. The number of aromatic nitrogens is 1. The van der Waals surface area contributed by atoms with Crippen molar-refractivity contribution in [3.05, 3.63) is 11.1 Å². The van der Waals surface area contributed by atoms with Crippen molar-refractivity contribution < 1.29 is 9.90 Å². The third-order valence-electron chi connectivity index (χ3n) is 3.79. The summed E-state index contributed by atoms with van der Waals surface area (Å²) in [6.07, 6.45) is 4.36. The molecule has 3 heterocycles. The fourth-order valence-electron chi connectivity index (χ4n) is 2.80. The van der Waals surface area contributed by atoms with Crippen LogP contribution in [0.15, 0.2) is 6.20 Å². The van der Waals surface area contributed by atoms with Crippen LogP contribution in [0.4, 0.5) is 5.13 Å². The van der Waals surface area contributed by atoms with Gasteiger partial charge in [0.2, 0.25) is 5.91 Å². The highest BCUT2D eigenvalue weighted by atomic mass is 32.1. The van der Waals surface area contributed by atoms with Crippen LogP contribution < -0.4 is 10.2 Å². The van der Waals surface area contributed by atoms with Gasteiger partial charge in [0.15, 0.2) is 5.13 Å². The molecule has 18 heavy (non-hydrogen) atoms. The molecule has 3 rings (SSSR count). The van der Waals surface area contributed by atoms with Gasteiger partial charge in [0.05, 0.1) is 11.5 Å². The van der Waals surface area contributed by atoms with Gasteiger partial charge < -0.3 is 15.3 Å². The molecule has 2 aliphatic rings. The Hall–Kier alpha value is -1.14. The first kappa shape index (κ1) is 11.9. The number of anilines is 1. The summed E-state index contributed by atoms with van der Waals surface area (Å²) in [5, 5.41) is 13.1. The van der Waals surface area contributed by atoms with Crippen molar-refractivity contribution in [3.63, 3.8) is 0 Å². The quantitative estimate of drug-likeness (QED) is 0.829.